The van der Waals surface area contributed by atoms with Crippen molar-refractivity contribution in [2.75, 3.05) is 11.1 Å². The molecule has 20 heavy (non-hydrogen) atoms. The van der Waals surface area contributed by atoms with E-state index in [2.05, 4.69) is 5.32 Å². The molecule has 0 saturated carbocycles. The van der Waals surface area contributed by atoms with E-state index in [1.165, 1.54) is 4.88 Å². The second-order valence-corrected chi connectivity index (χ2v) is 5.37. The number of thiophene rings is 1. The number of carbonyl (C=O) groups excluding carboxylic acids is 1. The van der Waals surface area contributed by atoms with Gasteiger partial charge in [0.1, 0.15) is 11.6 Å². The number of hydrogen-bond acceptors (Lipinski definition) is 3. The number of halogens is 2. The summed E-state index contributed by atoms with van der Waals surface area (Å²) in [5.41, 5.74) is 5.05. The first-order chi connectivity index (χ1) is 9.56. The Balaban J connectivity index is 1.86. The van der Waals surface area contributed by atoms with Gasteiger partial charge in [0, 0.05) is 17.4 Å². The van der Waals surface area contributed by atoms with E-state index in [1.54, 1.807) is 11.3 Å². The van der Waals surface area contributed by atoms with Crippen LogP contribution in [0.3, 0.4) is 0 Å². The highest BCUT2D eigenvalue weighted by Gasteiger charge is 2.10. The fourth-order valence-corrected chi connectivity index (χ4v) is 2.50. The van der Waals surface area contributed by atoms with Gasteiger partial charge >= 0.3 is 0 Å². The number of amides is 1. The van der Waals surface area contributed by atoms with E-state index in [-0.39, 0.29) is 23.7 Å². The Morgan fingerprint density at radius 2 is 2.10 bits per heavy atom. The molecule has 0 aliphatic heterocycles. The summed E-state index contributed by atoms with van der Waals surface area (Å²) >= 11 is 1.63. The van der Waals surface area contributed by atoms with Gasteiger partial charge in [-0.15, -0.1) is 11.3 Å². The lowest BCUT2D eigenvalue weighted by atomic mass is 10.2. The summed E-state index contributed by atoms with van der Waals surface area (Å²) in [4.78, 5) is 12.9. The van der Waals surface area contributed by atoms with Crippen molar-refractivity contribution in [3.05, 3.63) is 46.2 Å². The van der Waals surface area contributed by atoms with Crippen LogP contribution in [0.1, 0.15) is 17.7 Å². The van der Waals surface area contributed by atoms with E-state index in [0.717, 1.165) is 12.5 Å². The number of hydrogen-bond donors (Lipinski definition) is 2. The normalized spacial score (nSPS) is 10.5. The number of anilines is 2. The third-order valence-electron chi connectivity index (χ3n) is 2.77. The highest BCUT2D eigenvalue weighted by Crippen LogP contribution is 2.21. The van der Waals surface area contributed by atoms with Crippen LogP contribution < -0.4 is 11.1 Å². The molecule has 0 unspecified atom stereocenters. The molecule has 1 amide bonds. The number of benzene rings is 1. The number of carbonyl (C=O) groups is 1. The van der Waals surface area contributed by atoms with E-state index in [9.17, 15) is 13.6 Å². The molecule has 6 heteroatoms. The third-order valence-corrected chi connectivity index (χ3v) is 3.70. The monoisotopic (exact) mass is 296 g/mol. The van der Waals surface area contributed by atoms with Crippen molar-refractivity contribution < 1.29 is 13.6 Å². The highest BCUT2D eigenvalue weighted by atomic mass is 32.1. The van der Waals surface area contributed by atoms with Crippen molar-refractivity contribution in [1.29, 1.82) is 0 Å². The molecule has 1 aromatic carbocycles. The van der Waals surface area contributed by atoms with Crippen molar-refractivity contribution >= 4 is 28.6 Å². The van der Waals surface area contributed by atoms with Crippen molar-refractivity contribution in [3.8, 4) is 0 Å². The first kappa shape index (κ1) is 14.5. The standard InChI is InChI=1S/C14H14F2N2OS/c15-10-7-11(16)13(8-12(10)17)18-14(19)5-1-3-9-4-2-6-20-9/h2,4,6-8H,1,3,5,17H2,(H,18,19). The van der Waals surface area contributed by atoms with Crippen molar-refractivity contribution in [2.24, 2.45) is 0 Å². The minimum Gasteiger partial charge on any atom is -0.396 e. The van der Waals surface area contributed by atoms with Gasteiger partial charge in [-0.3, -0.25) is 4.79 Å². The molecular formula is C14H14F2N2OS. The van der Waals surface area contributed by atoms with Gasteiger partial charge in [-0.05, 0) is 30.4 Å². The summed E-state index contributed by atoms with van der Waals surface area (Å²) in [5.74, 6) is -1.98. The smallest absolute Gasteiger partial charge is 0.224 e. The Labute approximate surface area is 119 Å². The van der Waals surface area contributed by atoms with Gasteiger partial charge in [0.2, 0.25) is 5.91 Å². The molecule has 0 aliphatic carbocycles. The van der Waals surface area contributed by atoms with E-state index in [0.29, 0.717) is 12.5 Å². The van der Waals surface area contributed by atoms with Crippen LogP contribution in [-0.4, -0.2) is 5.91 Å². The van der Waals surface area contributed by atoms with Crippen molar-refractivity contribution in [1.82, 2.24) is 0 Å². The second-order valence-electron chi connectivity index (χ2n) is 4.33. The SMILES string of the molecule is Nc1cc(NC(=O)CCCc2cccs2)c(F)cc1F. The number of nitrogens with two attached hydrogens (primary N) is 1. The summed E-state index contributed by atoms with van der Waals surface area (Å²) in [6.45, 7) is 0. The van der Waals surface area contributed by atoms with Crippen LogP contribution >= 0.6 is 11.3 Å². The van der Waals surface area contributed by atoms with E-state index in [4.69, 9.17) is 5.73 Å². The number of nitrogen functional groups attached to an aromatic ring is 1. The molecule has 0 bridgehead atoms. The zero-order valence-electron chi connectivity index (χ0n) is 10.7. The molecule has 3 nitrogen and oxygen atoms in total. The first-order valence-corrected chi connectivity index (χ1v) is 7.01. The Hall–Kier alpha value is -1.95. The molecule has 1 heterocycles. The average molecular weight is 296 g/mol. The maximum Gasteiger partial charge on any atom is 0.224 e. The summed E-state index contributed by atoms with van der Waals surface area (Å²) in [7, 11) is 0. The van der Waals surface area contributed by atoms with Crippen LogP contribution in [0.15, 0.2) is 29.6 Å². The number of aryl methyl sites for hydroxylation is 1. The molecule has 0 aliphatic rings. The Morgan fingerprint density at radius 3 is 2.80 bits per heavy atom. The van der Waals surface area contributed by atoms with Crippen LogP contribution in [0.2, 0.25) is 0 Å². The molecule has 3 N–H and O–H groups in total. The van der Waals surface area contributed by atoms with Gasteiger partial charge in [-0.2, -0.15) is 0 Å². The van der Waals surface area contributed by atoms with Gasteiger partial charge in [0.05, 0.1) is 11.4 Å². The van der Waals surface area contributed by atoms with Crippen LogP contribution in [0.5, 0.6) is 0 Å². The van der Waals surface area contributed by atoms with E-state index >= 15 is 0 Å². The summed E-state index contributed by atoms with van der Waals surface area (Å²) in [6.07, 6.45) is 1.75. The first-order valence-electron chi connectivity index (χ1n) is 6.13. The predicted molar refractivity (Wildman–Crippen MR) is 76.7 cm³/mol. The highest BCUT2D eigenvalue weighted by molar-refractivity contribution is 7.09. The quantitative estimate of drug-likeness (QED) is 0.829. The van der Waals surface area contributed by atoms with Crippen molar-refractivity contribution in [3.63, 3.8) is 0 Å². The molecule has 1 aromatic heterocycles. The third kappa shape index (κ3) is 3.77. The molecule has 0 radical (unpaired) electrons. The maximum atomic E-state index is 13.4. The van der Waals surface area contributed by atoms with Gasteiger partial charge in [0.15, 0.2) is 0 Å². The zero-order valence-corrected chi connectivity index (χ0v) is 11.5. The van der Waals surface area contributed by atoms with E-state index in [1.807, 2.05) is 17.5 Å². The topological polar surface area (TPSA) is 55.1 Å². The lowest BCUT2D eigenvalue weighted by Crippen LogP contribution is -2.13. The molecule has 106 valence electrons. The Bertz CT molecular complexity index is 599. The lowest BCUT2D eigenvalue weighted by molar-refractivity contribution is -0.116. The number of rotatable bonds is 5. The van der Waals surface area contributed by atoms with Gasteiger partial charge in [-0.1, -0.05) is 6.07 Å². The van der Waals surface area contributed by atoms with Crippen molar-refractivity contribution in [2.45, 2.75) is 19.3 Å². The lowest BCUT2D eigenvalue weighted by Gasteiger charge is -2.07. The zero-order chi connectivity index (χ0) is 14.5. The maximum absolute atomic E-state index is 13.4. The summed E-state index contributed by atoms with van der Waals surface area (Å²) in [5, 5.41) is 4.38. The number of nitrogens with one attached hydrogen (secondary N) is 1. The Morgan fingerprint density at radius 1 is 1.30 bits per heavy atom. The molecular weight excluding hydrogens is 282 g/mol. The minimum atomic E-state index is -0.835. The van der Waals surface area contributed by atoms with Crippen LogP contribution in [0.25, 0.3) is 0 Å². The molecule has 2 aromatic rings. The summed E-state index contributed by atoms with van der Waals surface area (Å²) < 4.78 is 26.4. The second kappa shape index (κ2) is 6.47. The predicted octanol–water partition coefficient (Wildman–Crippen LogP) is 3.57. The molecule has 0 fully saturated rings. The van der Waals surface area contributed by atoms with Crippen LogP contribution in [0.4, 0.5) is 20.2 Å². The van der Waals surface area contributed by atoms with Crippen LogP contribution in [0, 0.1) is 11.6 Å². The van der Waals surface area contributed by atoms with E-state index < -0.39 is 11.6 Å². The average Bonchev–Trinajstić information content (AvgIpc) is 2.89. The fraction of sp³-hybridized carbons (Fsp3) is 0.214. The molecule has 0 spiro atoms. The molecule has 0 saturated heterocycles. The molecule has 0 atom stereocenters. The van der Waals surface area contributed by atoms with Gasteiger partial charge in [0.25, 0.3) is 0 Å². The Kier molecular flexibility index (Phi) is 4.68. The summed E-state index contributed by atoms with van der Waals surface area (Å²) in [6, 6.07) is 5.71. The largest absolute Gasteiger partial charge is 0.396 e. The fourth-order valence-electron chi connectivity index (χ4n) is 1.75. The van der Waals surface area contributed by atoms with Gasteiger partial charge in [-0.25, -0.2) is 8.78 Å². The molecule has 2 rings (SSSR count). The van der Waals surface area contributed by atoms with Crippen LogP contribution in [-0.2, 0) is 11.2 Å². The minimum absolute atomic E-state index is 0.0926. The van der Waals surface area contributed by atoms with Gasteiger partial charge < -0.3 is 11.1 Å².